The van der Waals surface area contributed by atoms with Gasteiger partial charge in [-0.1, -0.05) is 17.7 Å². The van der Waals surface area contributed by atoms with Crippen molar-refractivity contribution in [3.8, 4) is 9.88 Å². The molecule has 1 aliphatic heterocycles. The van der Waals surface area contributed by atoms with Gasteiger partial charge in [0.2, 0.25) is 11.8 Å². The monoisotopic (exact) mass is 460 g/mol. The zero-order valence-corrected chi connectivity index (χ0v) is 18.6. The summed E-state index contributed by atoms with van der Waals surface area (Å²) >= 11 is 9.10. The van der Waals surface area contributed by atoms with Crippen molar-refractivity contribution in [2.75, 3.05) is 37.6 Å². The lowest BCUT2D eigenvalue weighted by Gasteiger charge is -2.36. The zero-order chi connectivity index (χ0) is 20.9. The lowest BCUT2D eigenvalue weighted by Crippen LogP contribution is -2.51. The fourth-order valence-electron chi connectivity index (χ4n) is 3.28. The van der Waals surface area contributed by atoms with Crippen molar-refractivity contribution in [2.45, 2.75) is 6.42 Å². The van der Waals surface area contributed by atoms with Crippen molar-refractivity contribution < 1.29 is 9.59 Å². The molecule has 6 nitrogen and oxygen atoms in total. The van der Waals surface area contributed by atoms with E-state index in [9.17, 15) is 9.59 Å². The van der Waals surface area contributed by atoms with E-state index in [1.165, 1.54) is 11.3 Å². The molecule has 2 aromatic heterocycles. The number of aromatic nitrogens is 1. The zero-order valence-electron chi connectivity index (χ0n) is 16.2. The van der Waals surface area contributed by atoms with E-state index in [-0.39, 0.29) is 24.8 Å². The van der Waals surface area contributed by atoms with E-state index >= 15 is 0 Å². The van der Waals surface area contributed by atoms with E-state index in [0.717, 1.165) is 34.4 Å². The Morgan fingerprint density at radius 2 is 1.83 bits per heavy atom. The highest BCUT2D eigenvalue weighted by Gasteiger charge is 2.21. The van der Waals surface area contributed by atoms with Crippen molar-refractivity contribution in [2.24, 2.45) is 0 Å². The molecule has 1 N–H and O–H groups in total. The number of halogens is 1. The maximum atomic E-state index is 12.5. The van der Waals surface area contributed by atoms with Gasteiger partial charge in [0.1, 0.15) is 5.01 Å². The summed E-state index contributed by atoms with van der Waals surface area (Å²) in [6, 6.07) is 11.7. The second-order valence-electron chi connectivity index (χ2n) is 6.92. The number of thiophene rings is 1. The second kappa shape index (κ2) is 9.59. The third-order valence-electron chi connectivity index (χ3n) is 4.89. The van der Waals surface area contributed by atoms with E-state index in [2.05, 4.69) is 15.2 Å². The van der Waals surface area contributed by atoms with Crippen LogP contribution < -0.4 is 10.2 Å². The van der Waals surface area contributed by atoms with Crippen LogP contribution in [0.4, 0.5) is 5.69 Å². The third-order valence-corrected chi connectivity index (χ3v) is 7.07. The van der Waals surface area contributed by atoms with Crippen LogP contribution in [-0.4, -0.2) is 54.4 Å². The molecule has 4 rings (SSSR count). The van der Waals surface area contributed by atoms with Crippen LogP contribution in [0.1, 0.15) is 5.69 Å². The number of benzene rings is 1. The van der Waals surface area contributed by atoms with Gasteiger partial charge in [-0.05, 0) is 35.7 Å². The standard InChI is InChI=1S/C21H21ClN4O2S2/c22-15-3-5-17(6-4-15)25-7-9-26(10-8-25)20(28)13-23-19(27)12-16-14-30-21(24-16)18-2-1-11-29-18/h1-6,11,14H,7-10,12-13H2,(H,23,27). The Kier molecular flexibility index (Phi) is 6.66. The SMILES string of the molecule is O=C(Cc1csc(-c2cccs2)n1)NCC(=O)N1CCN(c2ccc(Cl)cc2)CC1. The van der Waals surface area contributed by atoms with Crippen molar-refractivity contribution in [1.29, 1.82) is 0 Å². The van der Waals surface area contributed by atoms with Crippen LogP contribution in [0.5, 0.6) is 0 Å². The van der Waals surface area contributed by atoms with Crippen LogP contribution in [0.3, 0.4) is 0 Å². The Morgan fingerprint density at radius 3 is 2.53 bits per heavy atom. The van der Waals surface area contributed by atoms with E-state index in [1.807, 2.05) is 47.2 Å². The molecule has 0 spiro atoms. The Morgan fingerprint density at radius 1 is 1.07 bits per heavy atom. The van der Waals surface area contributed by atoms with Crippen molar-refractivity contribution in [3.63, 3.8) is 0 Å². The average molecular weight is 461 g/mol. The molecular weight excluding hydrogens is 440 g/mol. The van der Waals surface area contributed by atoms with Gasteiger partial charge >= 0.3 is 0 Å². The molecule has 1 fully saturated rings. The van der Waals surface area contributed by atoms with E-state index < -0.39 is 0 Å². The van der Waals surface area contributed by atoms with Crippen LogP contribution in [0.25, 0.3) is 9.88 Å². The number of hydrogen-bond acceptors (Lipinski definition) is 6. The van der Waals surface area contributed by atoms with Crippen LogP contribution in [0.15, 0.2) is 47.2 Å². The van der Waals surface area contributed by atoms with Gasteiger partial charge in [0, 0.05) is 42.3 Å². The van der Waals surface area contributed by atoms with E-state index in [4.69, 9.17) is 11.6 Å². The van der Waals surface area contributed by atoms with Crippen LogP contribution >= 0.6 is 34.3 Å². The fourth-order valence-corrected chi connectivity index (χ4v) is 5.04. The number of thiazole rings is 1. The molecule has 0 saturated carbocycles. The van der Waals surface area contributed by atoms with Gasteiger partial charge in [0.25, 0.3) is 0 Å². The van der Waals surface area contributed by atoms with Gasteiger partial charge in [-0.3, -0.25) is 9.59 Å². The molecular formula is C21H21ClN4O2S2. The normalized spacial score (nSPS) is 14.0. The largest absolute Gasteiger partial charge is 0.368 e. The maximum absolute atomic E-state index is 12.5. The summed E-state index contributed by atoms with van der Waals surface area (Å²) in [6.07, 6.45) is 0.180. The molecule has 3 aromatic rings. The van der Waals surface area contributed by atoms with Gasteiger partial charge in [-0.25, -0.2) is 4.98 Å². The summed E-state index contributed by atoms with van der Waals surface area (Å²) in [5.74, 6) is -0.247. The van der Waals surface area contributed by atoms with Gasteiger partial charge in [-0.15, -0.1) is 22.7 Å². The highest BCUT2D eigenvalue weighted by Crippen LogP contribution is 2.27. The van der Waals surface area contributed by atoms with Crippen LogP contribution in [0.2, 0.25) is 5.02 Å². The molecule has 0 bridgehead atoms. The van der Waals surface area contributed by atoms with Crippen molar-refractivity contribution >= 4 is 51.8 Å². The minimum atomic E-state index is -0.189. The fraction of sp³-hybridized carbons (Fsp3) is 0.286. The number of piperazine rings is 1. The molecule has 1 aromatic carbocycles. The average Bonchev–Trinajstić information content (AvgIpc) is 3.45. The van der Waals surface area contributed by atoms with Gasteiger partial charge in [-0.2, -0.15) is 0 Å². The number of carbonyl (C=O) groups is 2. The second-order valence-corrected chi connectivity index (χ2v) is 9.16. The molecule has 3 heterocycles. The summed E-state index contributed by atoms with van der Waals surface area (Å²) in [5.41, 5.74) is 1.83. The molecule has 0 atom stereocenters. The summed E-state index contributed by atoms with van der Waals surface area (Å²) in [6.45, 7) is 2.79. The smallest absolute Gasteiger partial charge is 0.242 e. The van der Waals surface area contributed by atoms with E-state index in [1.54, 1.807) is 16.2 Å². The number of nitrogens with one attached hydrogen (secondary N) is 1. The molecule has 30 heavy (non-hydrogen) atoms. The van der Waals surface area contributed by atoms with Crippen LogP contribution in [0, 0.1) is 0 Å². The van der Waals surface area contributed by atoms with Gasteiger partial charge in [0.15, 0.2) is 0 Å². The van der Waals surface area contributed by atoms with Gasteiger partial charge in [0.05, 0.1) is 23.5 Å². The lowest BCUT2D eigenvalue weighted by atomic mass is 10.2. The minimum Gasteiger partial charge on any atom is -0.368 e. The predicted molar refractivity (Wildman–Crippen MR) is 122 cm³/mol. The molecule has 0 unspecified atom stereocenters. The number of amides is 2. The van der Waals surface area contributed by atoms with Crippen molar-refractivity contribution in [3.05, 3.63) is 57.9 Å². The number of rotatable bonds is 6. The summed E-state index contributed by atoms with van der Waals surface area (Å²) < 4.78 is 0. The predicted octanol–water partition coefficient (Wildman–Crippen LogP) is 3.53. The first-order valence-electron chi connectivity index (χ1n) is 9.62. The van der Waals surface area contributed by atoms with Crippen molar-refractivity contribution in [1.82, 2.24) is 15.2 Å². The molecule has 2 amide bonds. The first-order chi connectivity index (χ1) is 14.6. The number of anilines is 1. The summed E-state index contributed by atoms with van der Waals surface area (Å²) in [5, 5.41) is 8.26. The number of nitrogens with zero attached hydrogens (tertiary/aromatic N) is 3. The highest BCUT2D eigenvalue weighted by molar-refractivity contribution is 7.20. The Hall–Kier alpha value is -2.42. The molecule has 1 aliphatic rings. The maximum Gasteiger partial charge on any atom is 0.242 e. The number of carbonyl (C=O) groups excluding carboxylic acids is 2. The van der Waals surface area contributed by atoms with Crippen LogP contribution in [-0.2, 0) is 16.0 Å². The molecule has 1 saturated heterocycles. The first kappa shape index (κ1) is 20.8. The Bertz CT molecular complexity index is 996. The Labute approximate surface area is 188 Å². The summed E-state index contributed by atoms with van der Waals surface area (Å²) in [7, 11) is 0. The number of hydrogen-bond donors (Lipinski definition) is 1. The molecule has 156 valence electrons. The quantitative estimate of drug-likeness (QED) is 0.611. The lowest BCUT2D eigenvalue weighted by molar-refractivity contribution is -0.133. The first-order valence-corrected chi connectivity index (χ1v) is 11.8. The van der Waals surface area contributed by atoms with E-state index in [0.29, 0.717) is 18.1 Å². The molecule has 0 aliphatic carbocycles. The van der Waals surface area contributed by atoms with Gasteiger partial charge < -0.3 is 15.1 Å². The highest BCUT2D eigenvalue weighted by atomic mass is 35.5. The third kappa shape index (κ3) is 5.19. The Balaban J connectivity index is 1.21. The topological polar surface area (TPSA) is 65.5 Å². The molecule has 0 radical (unpaired) electrons. The minimum absolute atomic E-state index is 0.0156. The molecule has 9 heteroatoms. The summed E-state index contributed by atoms with van der Waals surface area (Å²) in [4.78, 5) is 34.3.